The van der Waals surface area contributed by atoms with Crippen LogP contribution in [-0.4, -0.2) is 10.1 Å². The molecule has 2 aromatic rings. The van der Waals surface area contributed by atoms with Crippen LogP contribution in [0.15, 0.2) is 30.5 Å². The predicted octanol–water partition coefficient (Wildman–Crippen LogP) is 3.96. The third-order valence-electron chi connectivity index (χ3n) is 4.60. The second-order valence-electron chi connectivity index (χ2n) is 5.63. The molecule has 1 saturated carbocycles. The van der Waals surface area contributed by atoms with Crippen LogP contribution in [0.1, 0.15) is 44.6 Å². The Bertz CT molecular complexity index is 535. The number of hydrogen-bond donors (Lipinski definition) is 2. The highest BCUT2D eigenvalue weighted by Crippen LogP contribution is 2.42. The summed E-state index contributed by atoms with van der Waals surface area (Å²) in [5, 5.41) is 12.1. The maximum absolute atomic E-state index is 10.9. The van der Waals surface area contributed by atoms with Gasteiger partial charge in [0.2, 0.25) is 0 Å². The molecule has 3 rings (SSSR count). The minimum Gasteiger partial charge on any atom is -0.385 e. The van der Waals surface area contributed by atoms with E-state index in [0.29, 0.717) is 0 Å². The number of rotatable bonds is 2. The molecule has 1 aliphatic rings. The molecule has 96 valence electrons. The molecule has 1 fully saturated rings. The highest BCUT2D eigenvalue weighted by Gasteiger charge is 2.35. The summed E-state index contributed by atoms with van der Waals surface area (Å²) in [6.07, 6.45) is 7.32. The Labute approximate surface area is 108 Å². The van der Waals surface area contributed by atoms with Gasteiger partial charge < -0.3 is 10.1 Å². The highest BCUT2D eigenvalue weighted by molar-refractivity contribution is 5.84. The number of hydrogen-bond acceptors (Lipinski definition) is 1. The minimum atomic E-state index is -0.620. The number of fused-ring (bicyclic) bond motifs is 1. The van der Waals surface area contributed by atoms with Gasteiger partial charge in [-0.05, 0) is 37.7 Å². The standard InChI is InChI=1S/C16H21NO/c1-2-12-7-9-16(18,10-8-12)14-11-17-15-6-4-3-5-13(14)15/h3-6,11-12,17-18H,2,7-10H2,1H3. The van der Waals surface area contributed by atoms with Gasteiger partial charge in [0.05, 0.1) is 5.60 Å². The van der Waals surface area contributed by atoms with Gasteiger partial charge in [-0.15, -0.1) is 0 Å². The van der Waals surface area contributed by atoms with E-state index in [4.69, 9.17) is 0 Å². The summed E-state index contributed by atoms with van der Waals surface area (Å²) in [6, 6.07) is 8.24. The van der Waals surface area contributed by atoms with Gasteiger partial charge in [0, 0.05) is 22.7 Å². The van der Waals surface area contributed by atoms with Gasteiger partial charge in [-0.2, -0.15) is 0 Å². The second-order valence-corrected chi connectivity index (χ2v) is 5.63. The Hall–Kier alpha value is -1.28. The van der Waals surface area contributed by atoms with Crippen LogP contribution in [0.4, 0.5) is 0 Å². The number of aromatic nitrogens is 1. The summed E-state index contributed by atoms with van der Waals surface area (Å²) in [5.41, 5.74) is 1.59. The fourth-order valence-electron chi connectivity index (χ4n) is 3.29. The first-order valence-electron chi connectivity index (χ1n) is 7.02. The van der Waals surface area contributed by atoms with E-state index < -0.39 is 5.60 Å². The lowest BCUT2D eigenvalue weighted by molar-refractivity contribution is -0.0132. The van der Waals surface area contributed by atoms with Crippen molar-refractivity contribution in [2.75, 3.05) is 0 Å². The van der Waals surface area contributed by atoms with Gasteiger partial charge in [-0.1, -0.05) is 31.5 Å². The number of aromatic amines is 1. The van der Waals surface area contributed by atoms with Crippen molar-refractivity contribution in [2.24, 2.45) is 5.92 Å². The molecule has 1 aliphatic carbocycles. The predicted molar refractivity (Wildman–Crippen MR) is 74.4 cm³/mol. The lowest BCUT2D eigenvalue weighted by Crippen LogP contribution is -2.31. The summed E-state index contributed by atoms with van der Waals surface area (Å²) in [7, 11) is 0. The third kappa shape index (κ3) is 1.85. The van der Waals surface area contributed by atoms with Crippen molar-refractivity contribution in [3.8, 4) is 0 Å². The van der Waals surface area contributed by atoms with Crippen LogP contribution >= 0.6 is 0 Å². The van der Waals surface area contributed by atoms with Gasteiger partial charge in [-0.25, -0.2) is 0 Å². The van der Waals surface area contributed by atoms with Crippen molar-refractivity contribution in [3.63, 3.8) is 0 Å². The van der Waals surface area contributed by atoms with Gasteiger partial charge in [-0.3, -0.25) is 0 Å². The van der Waals surface area contributed by atoms with Crippen molar-refractivity contribution in [2.45, 2.75) is 44.6 Å². The van der Waals surface area contributed by atoms with E-state index >= 15 is 0 Å². The minimum absolute atomic E-state index is 0.620. The zero-order valence-corrected chi connectivity index (χ0v) is 10.9. The molecule has 0 radical (unpaired) electrons. The first-order valence-corrected chi connectivity index (χ1v) is 7.02. The fraction of sp³-hybridized carbons (Fsp3) is 0.500. The Morgan fingerprint density at radius 1 is 1.28 bits per heavy atom. The molecular weight excluding hydrogens is 222 g/mol. The van der Waals surface area contributed by atoms with Crippen molar-refractivity contribution < 1.29 is 5.11 Å². The average Bonchev–Trinajstić information content (AvgIpc) is 2.84. The van der Waals surface area contributed by atoms with Crippen molar-refractivity contribution in [1.82, 2.24) is 4.98 Å². The molecule has 1 aromatic heterocycles. The lowest BCUT2D eigenvalue weighted by atomic mass is 9.74. The SMILES string of the molecule is CCC1CCC(O)(c2c[nH]c3ccccc23)CC1. The summed E-state index contributed by atoms with van der Waals surface area (Å²) < 4.78 is 0. The van der Waals surface area contributed by atoms with Crippen LogP contribution in [0, 0.1) is 5.92 Å². The summed E-state index contributed by atoms with van der Waals surface area (Å²) in [6.45, 7) is 2.25. The van der Waals surface area contributed by atoms with E-state index in [0.717, 1.165) is 42.7 Å². The Morgan fingerprint density at radius 2 is 2.00 bits per heavy atom. The van der Waals surface area contributed by atoms with Crippen LogP contribution in [0.25, 0.3) is 10.9 Å². The molecule has 2 heteroatoms. The van der Waals surface area contributed by atoms with Crippen LogP contribution in [0.2, 0.25) is 0 Å². The van der Waals surface area contributed by atoms with Gasteiger partial charge in [0.25, 0.3) is 0 Å². The number of nitrogens with one attached hydrogen (secondary N) is 1. The summed E-state index contributed by atoms with van der Waals surface area (Å²) >= 11 is 0. The fourth-order valence-corrected chi connectivity index (χ4v) is 3.29. The van der Waals surface area contributed by atoms with Crippen LogP contribution in [0.5, 0.6) is 0 Å². The van der Waals surface area contributed by atoms with E-state index in [9.17, 15) is 5.11 Å². The first kappa shape index (κ1) is 11.8. The average molecular weight is 243 g/mol. The molecule has 2 N–H and O–H groups in total. The maximum atomic E-state index is 10.9. The molecule has 1 heterocycles. The quantitative estimate of drug-likeness (QED) is 0.823. The largest absolute Gasteiger partial charge is 0.385 e. The Kier molecular flexibility index (Phi) is 2.90. The summed E-state index contributed by atoms with van der Waals surface area (Å²) in [4.78, 5) is 3.28. The smallest absolute Gasteiger partial charge is 0.0917 e. The molecule has 2 nitrogen and oxygen atoms in total. The maximum Gasteiger partial charge on any atom is 0.0917 e. The third-order valence-corrected chi connectivity index (χ3v) is 4.60. The molecule has 0 aliphatic heterocycles. The molecule has 0 spiro atoms. The van der Waals surface area contributed by atoms with Gasteiger partial charge in [0.1, 0.15) is 0 Å². The monoisotopic (exact) mass is 243 g/mol. The van der Waals surface area contributed by atoms with E-state index in [1.165, 1.54) is 11.8 Å². The summed E-state index contributed by atoms with van der Waals surface area (Å²) in [5.74, 6) is 0.801. The van der Waals surface area contributed by atoms with Crippen LogP contribution in [-0.2, 0) is 5.60 Å². The van der Waals surface area contributed by atoms with Gasteiger partial charge >= 0.3 is 0 Å². The van der Waals surface area contributed by atoms with E-state index in [1.807, 2.05) is 18.3 Å². The van der Waals surface area contributed by atoms with Crippen molar-refractivity contribution in [3.05, 3.63) is 36.0 Å². The zero-order valence-electron chi connectivity index (χ0n) is 10.9. The molecule has 0 atom stereocenters. The Morgan fingerprint density at radius 3 is 2.72 bits per heavy atom. The van der Waals surface area contributed by atoms with E-state index in [1.54, 1.807) is 0 Å². The van der Waals surface area contributed by atoms with Crippen LogP contribution in [0.3, 0.4) is 0 Å². The number of benzene rings is 1. The zero-order chi connectivity index (χ0) is 12.6. The lowest BCUT2D eigenvalue weighted by Gasteiger charge is -2.35. The molecule has 1 aromatic carbocycles. The topological polar surface area (TPSA) is 36.0 Å². The van der Waals surface area contributed by atoms with Crippen LogP contribution < -0.4 is 0 Å². The van der Waals surface area contributed by atoms with E-state index in [2.05, 4.69) is 24.0 Å². The van der Waals surface area contributed by atoms with E-state index in [-0.39, 0.29) is 0 Å². The molecule has 0 amide bonds. The number of para-hydroxylation sites is 1. The normalized spacial score (nSPS) is 28.7. The van der Waals surface area contributed by atoms with Crippen molar-refractivity contribution >= 4 is 10.9 Å². The number of aliphatic hydroxyl groups is 1. The second kappa shape index (κ2) is 4.43. The van der Waals surface area contributed by atoms with Crippen molar-refractivity contribution in [1.29, 1.82) is 0 Å². The molecule has 18 heavy (non-hydrogen) atoms. The molecule has 0 bridgehead atoms. The molecule has 0 saturated heterocycles. The molecule has 0 unspecified atom stereocenters. The Balaban J connectivity index is 1.94. The van der Waals surface area contributed by atoms with Gasteiger partial charge in [0.15, 0.2) is 0 Å². The number of H-pyrrole nitrogens is 1. The molecular formula is C16H21NO. The highest BCUT2D eigenvalue weighted by atomic mass is 16.3. The first-order chi connectivity index (χ1) is 8.73.